The van der Waals surface area contributed by atoms with E-state index in [1.165, 1.54) is 24.4 Å². The zero-order chi connectivity index (χ0) is 33.8. The average molecular weight is 664 g/mol. The quantitative estimate of drug-likeness (QED) is 0.105. The normalized spacial score (nSPS) is 15.9. The summed E-state index contributed by atoms with van der Waals surface area (Å²) < 4.78 is 88.6. The van der Waals surface area contributed by atoms with Crippen molar-refractivity contribution in [2.45, 2.75) is 72.0 Å². The SMILES string of the molecule is C=C(S/C(=C(/c1cccc(N(N=O)c2c(F)cccc2F)c1F)C(C)CC)c1ccnc(NC(C)CCC)n1)C1(C(F)(F)F)CC1. The van der Waals surface area contributed by atoms with E-state index in [4.69, 9.17) is 0 Å². The number of nitrogens with zero attached hydrogens (tertiary/aromatic N) is 4. The molecule has 2 atom stereocenters. The molecule has 46 heavy (non-hydrogen) atoms. The highest BCUT2D eigenvalue weighted by atomic mass is 32.2. The molecule has 0 bridgehead atoms. The lowest BCUT2D eigenvalue weighted by molar-refractivity contribution is -0.172. The maximum absolute atomic E-state index is 16.6. The molecule has 246 valence electrons. The molecular weight excluding hydrogens is 628 g/mol. The Morgan fingerprint density at radius 2 is 1.74 bits per heavy atom. The van der Waals surface area contributed by atoms with Crippen molar-refractivity contribution in [3.63, 3.8) is 0 Å². The molecule has 1 fully saturated rings. The van der Waals surface area contributed by atoms with Crippen LogP contribution in [0.5, 0.6) is 0 Å². The van der Waals surface area contributed by atoms with Crippen LogP contribution in [-0.2, 0) is 0 Å². The standard InChI is InChI=1S/C33H35F6N5OS/c1-6-10-20(4)41-31-40-18-15-25(42-31)30(46-21(5)32(16-17-32)33(37,38)39)27(19(3)7-2)22-11-8-14-26(28(22)36)44(43-45)29-23(34)12-9-13-24(29)35/h8-9,11-15,18-20H,5-7,10,16-17H2,1-4H3,(H,40,41,42)/b30-27+. The Labute approximate surface area is 268 Å². The fraction of sp³-hybridized carbons (Fsp3) is 0.394. The van der Waals surface area contributed by atoms with Gasteiger partial charge in [0.2, 0.25) is 5.95 Å². The van der Waals surface area contributed by atoms with E-state index in [0.717, 1.165) is 48.9 Å². The van der Waals surface area contributed by atoms with Gasteiger partial charge in [-0.05, 0) is 73.3 Å². The van der Waals surface area contributed by atoms with Crippen LogP contribution in [0.1, 0.15) is 71.1 Å². The van der Waals surface area contributed by atoms with E-state index in [1.807, 2.05) is 20.8 Å². The molecule has 1 heterocycles. The highest BCUT2D eigenvalue weighted by Crippen LogP contribution is 2.66. The predicted molar refractivity (Wildman–Crippen MR) is 171 cm³/mol. The van der Waals surface area contributed by atoms with Gasteiger partial charge in [-0.2, -0.15) is 18.2 Å². The molecule has 13 heteroatoms. The molecule has 1 N–H and O–H groups in total. The van der Waals surface area contributed by atoms with Gasteiger partial charge in [0.15, 0.2) is 17.5 Å². The van der Waals surface area contributed by atoms with Gasteiger partial charge in [0.05, 0.1) is 16.4 Å². The summed E-state index contributed by atoms with van der Waals surface area (Å²) in [4.78, 5) is 20.9. The number of halogens is 6. The number of nitroso groups, excluding NO2 is 1. The first-order valence-electron chi connectivity index (χ1n) is 14.9. The molecule has 0 spiro atoms. The van der Waals surface area contributed by atoms with Crippen molar-refractivity contribution < 1.29 is 26.3 Å². The first-order chi connectivity index (χ1) is 21.8. The Kier molecular flexibility index (Phi) is 10.9. The zero-order valence-corrected chi connectivity index (χ0v) is 26.7. The van der Waals surface area contributed by atoms with Gasteiger partial charge in [0.1, 0.15) is 11.4 Å². The van der Waals surface area contributed by atoms with Crippen LogP contribution in [0.25, 0.3) is 10.5 Å². The lowest BCUT2D eigenvalue weighted by Gasteiger charge is -2.26. The Morgan fingerprint density at radius 1 is 1.09 bits per heavy atom. The van der Waals surface area contributed by atoms with Crippen molar-refractivity contribution in [3.8, 4) is 0 Å². The van der Waals surface area contributed by atoms with E-state index in [-0.39, 0.29) is 56.5 Å². The zero-order valence-electron chi connectivity index (χ0n) is 25.9. The van der Waals surface area contributed by atoms with E-state index in [2.05, 4.69) is 27.1 Å². The van der Waals surface area contributed by atoms with Gasteiger partial charge >= 0.3 is 6.18 Å². The van der Waals surface area contributed by atoms with E-state index < -0.39 is 46.3 Å². The maximum atomic E-state index is 16.6. The molecule has 1 aromatic heterocycles. The van der Waals surface area contributed by atoms with Crippen LogP contribution in [-0.4, -0.2) is 22.2 Å². The molecule has 1 aliphatic carbocycles. The van der Waals surface area contributed by atoms with Gasteiger partial charge in [-0.15, -0.1) is 4.91 Å². The summed E-state index contributed by atoms with van der Waals surface area (Å²) in [5, 5.41) is 6.21. The van der Waals surface area contributed by atoms with Crippen molar-refractivity contribution in [3.05, 3.63) is 93.8 Å². The molecule has 0 amide bonds. The topological polar surface area (TPSA) is 70.5 Å². The summed E-state index contributed by atoms with van der Waals surface area (Å²) in [6.07, 6.45) is -1.20. The number of thioether (sulfide) groups is 1. The number of rotatable bonds is 14. The second-order valence-electron chi connectivity index (χ2n) is 11.4. The Hall–Kier alpha value is -3.87. The highest BCUT2D eigenvalue weighted by Gasteiger charge is 2.65. The lowest BCUT2D eigenvalue weighted by atomic mass is 9.90. The van der Waals surface area contributed by atoms with Gasteiger partial charge in [-0.25, -0.2) is 23.1 Å². The number of alkyl halides is 3. The molecule has 4 rings (SSSR count). The first kappa shape index (κ1) is 35.0. The number of para-hydroxylation sites is 1. The van der Waals surface area contributed by atoms with Crippen LogP contribution in [0.2, 0.25) is 0 Å². The Bertz CT molecular complexity index is 1600. The minimum atomic E-state index is -4.54. The fourth-order valence-electron chi connectivity index (χ4n) is 5.20. The Balaban J connectivity index is 1.97. The molecule has 0 saturated heterocycles. The van der Waals surface area contributed by atoms with Gasteiger partial charge < -0.3 is 5.32 Å². The van der Waals surface area contributed by atoms with Crippen molar-refractivity contribution >= 4 is 39.6 Å². The molecule has 1 aliphatic rings. The van der Waals surface area contributed by atoms with Crippen molar-refractivity contribution in [2.75, 3.05) is 10.3 Å². The second-order valence-corrected chi connectivity index (χ2v) is 12.5. The van der Waals surface area contributed by atoms with Gasteiger partial charge in [0.25, 0.3) is 0 Å². The van der Waals surface area contributed by atoms with E-state index >= 15 is 4.39 Å². The van der Waals surface area contributed by atoms with E-state index in [1.54, 1.807) is 6.92 Å². The molecule has 3 aromatic rings. The van der Waals surface area contributed by atoms with Gasteiger partial charge in [-0.3, -0.25) is 0 Å². The second kappa shape index (κ2) is 14.3. The summed E-state index contributed by atoms with van der Waals surface area (Å²) in [5.74, 6) is -3.56. The fourth-order valence-corrected chi connectivity index (χ4v) is 6.60. The maximum Gasteiger partial charge on any atom is 0.398 e. The summed E-state index contributed by atoms with van der Waals surface area (Å²) in [7, 11) is 0. The molecule has 2 unspecified atom stereocenters. The molecule has 6 nitrogen and oxygen atoms in total. The summed E-state index contributed by atoms with van der Waals surface area (Å²) in [6, 6.07) is 8.32. The van der Waals surface area contributed by atoms with Gasteiger partial charge in [-0.1, -0.05) is 63.7 Å². The van der Waals surface area contributed by atoms with Crippen LogP contribution in [0.3, 0.4) is 0 Å². The third-order valence-corrected chi connectivity index (χ3v) is 9.38. The molecule has 1 saturated carbocycles. The molecular formula is C33H35F6N5OS. The van der Waals surface area contributed by atoms with Gasteiger partial charge in [0, 0.05) is 22.7 Å². The third-order valence-electron chi connectivity index (χ3n) is 8.11. The summed E-state index contributed by atoms with van der Waals surface area (Å²) in [6.45, 7) is 11.4. The summed E-state index contributed by atoms with van der Waals surface area (Å²) >= 11 is 0.770. The van der Waals surface area contributed by atoms with Crippen LogP contribution in [0.4, 0.5) is 43.7 Å². The average Bonchev–Trinajstić information content (AvgIpc) is 3.83. The van der Waals surface area contributed by atoms with E-state index in [0.29, 0.717) is 6.42 Å². The van der Waals surface area contributed by atoms with Crippen LogP contribution in [0.15, 0.2) is 65.4 Å². The number of anilines is 3. The van der Waals surface area contributed by atoms with Crippen molar-refractivity contribution in [1.82, 2.24) is 9.97 Å². The van der Waals surface area contributed by atoms with Crippen LogP contribution in [0, 0.1) is 33.7 Å². The number of allylic oxidation sites excluding steroid dienone is 2. The molecule has 0 aliphatic heterocycles. The number of hydrogen-bond donors (Lipinski definition) is 1. The van der Waals surface area contributed by atoms with Crippen molar-refractivity contribution in [1.29, 1.82) is 0 Å². The minimum Gasteiger partial charge on any atom is -0.352 e. The van der Waals surface area contributed by atoms with Crippen LogP contribution >= 0.6 is 11.8 Å². The highest BCUT2D eigenvalue weighted by molar-refractivity contribution is 8.12. The summed E-state index contributed by atoms with van der Waals surface area (Å²) in [5.41, 5.74) is -3.12. The number of nitrogens with one attached hydrogen (secondary N) is 1. The smallest absolute Gasteiger partial charge is 0.352 e. The van der Waals surface area contributed by atoms with E-state index in [9.17, 15) is 26.9 Å². The monoisotopic (exact) mass is 663 g/mol. The molecule has 2 aromatic carbocycles. The first-order valence-corrected chi connectivity index (χ1v) is 15.8. The van der Waals surface area contributed by atoms with Crippen LogP contribution < -0.4 is 10.3 Å². The Morgan fingerprint density at radius 3 is 2.30 bits per heavy atom. The number of benzene rings is 2. The third kappa shape index (κ3) is 7.08. The predicted octanol–water partition coefficient (Wildman–Crippen LogP) is 10.8. The molecule has 0 radical (unpaired) electrons. The largest absolute Gasteiger partial charge is 0.398 e. The minimum absolute atomic E-state index is 0.000904. The van der Waals surface area contributed by atoms with Crippen molar-refractivity contribution in [2.24, 2.45) is 16.6 Å². The number of aromatic nitrogens is 2. The lowest BCUT2D eigenvalue weighted by Crippen LogP contribution is -2.25. The number of hydrogen-bond acceptors (Lipinski definition) is 6.